The Morgan fingerprint density at radius 3 is 2.65 bits per heavy atom. The summed E-state index contributed by atoms with van der Waals surface area (Å²) in [5.41, 5.74) is 12.5. The number of rotatable bonds is 3. The summed E-state index contributed by atoms with van der Waals surface area (Å²) in [5, 5.41) is 0.351. The second kappa shape index (κ2) is 9.10. The standard InChI is InChI=1S/C22H26F2N6O2S.ClH/c1-13(31)30-11-22(23,24)18-14(30)3-2-4-15(18)33-20-19(26)28-17(9-27-20)29-7-5-21(6-8-29)12-32-10-16(21)25;/h2-4,9,16H,5-8,10-12,25H2,1H3,(H2,26,28);1H. The summed E-state index contributed by atoms with van der Waals surface area (Å²) >= 11 is 1.04. The van der Waals surface area contributed by atoms with E-state index in [-0.39, 0.29) is 40.9 Å². The van der Waals surface area contributed by atoms with Gasteiger partial charge in [-0.15, -0.1) is 12.4 Å². The summed E-state index contributed by atoms with van der Waals surface area (Å²) in [5.74, 6) is -2.74. The summed E-state index contributed by atoms with van der Waals surface area (Å²) in [6.07, 6.45) is 3.44. The van der Waals surface area contributed by atoms with E-state index in [2.05, 4.69) is 14.9 Å². The highest BCUT2D eigenvalue weighted by molar-refractivity contribution is 7.99. The summed E-state index contributed by atoms with van der Waals surface area (Å²) in [6.45, 7) is 3.46. The lowest BCUT2D eigenvalue weighted by atomic mass is 9.75. The third-order valence-electron chi connectivity index (χ3n) is 6.91. The molecule has 1 atom stereocenters. The fourth-order valence-corrected chi connectivity index (χ4v) is 5.89. The number of alkyl halides is 2. The summed E-state index contributed by atoms with van der Waals surface area (Å²) < 4.78 is 35.1. The molecule has 0 saturated carbocycles. The second-order valence-electron chi connectivity index (χ2n) is 8.95. The molecule has 3 aliphatic heterocycles. The van der Waals surface area contributed by atoms with E-state index >= 15 is 0 Å². The maximum absolute atomic E-state index is 14.8. The van der Waals surface area contributed by atoms with E-state index in [0.717, 1.165) is 42.6 Å². The highest BCUT2D eigenvalue weighted by Crippen LogP contribution is 2.49. The van der Waals surface area contributed by atoms with Crippen LogP contribution in [0.25, 0.3) is 0 Å². The van der Waals surface area contributed by atoms with Crippen molar-refractivity contribution in [3.8, 4) is 0 Å². The molecule has 0 radical (unpaired) electrons. The number of hydrogen-bond donors (Lipinski definition) is 2. The molecule has 1 spiro atoms. The Kier molecular flexibility index (Phi) is 6.67. The van der Waals surface area contributed by atoms with Gasteiger partial charge >= 0.3 is 0 Å². The smallest absolute Gasteiger partial charge is 0.293 e. The van der Waals surface area contributed by atoms with Crippen LogP contribution in [-0.2, 0) is 15.5 Å². The molecule has 3 aliphatic rings. The minimum atomic E-state index is -3.15. The number of nitrogens with two attached hydrogens (primary N) is 2. The van der Waals surface area contributed by atoms with E-state index in [1.165, 1.54) is 13.0 Å². The fraction of sp³-hybridized carbons (Fsp3) is 0.500. The predicted octanol–water partition coefficient (Wildman–Crippen LogP) is 3.03. The predicted molar refractivity (Wildman–Crippen MR) is 129 cm³/mol. The molecular weight excluding hydrogens is 486 g/mol. The summed E-state index contributed by atoms with van der Waals surface area (Å²) in [6, 6.07) is 4.83. The number of nitrogens with zero attached hydrogens (tertiary/aromatic N) is 4. The highest BCUT2D eigenvalue weighted by Gasteiger charge is 2.47. The van der Waals surface area contributed by atoms with Crippen molar-refractivity contribution in [3.05, 3.63) is 30.0 Å². The number of nitrogen functional groups attached to an aromatic ring is 1. The molecule has 5 rings (SSSR count). The van der Waals surface area contributed by atoms with Crippen molar-refractivity contribution >= 4 is 47.4 Å². The molecule has 2 saturated heterocycles. The van der Waals surface area contributed by atoms with E-state index in [1.54, 1.807) is 18.3 Å². The average molecular weight is 513 g/mol. The number of halogens is 3. The molecule has 4 N–H and O–H groups in total. The van der Waals surface area contributed by atoms with Crippen molar-refractivity contribution < 1.29 is 18.3 Å². The Bertz CT molecular complexity index is 1100. The number of fused-ring (bicyclic) bond motifs is 1. The van der Waals surface area contributed by atoms with Crippen molar-refractivity contribution in [2.75, 3.05) is 48.4 Å². The van der Waals surface area contributed by atoms with Crippen LogP contribution in [0.3, 0.4) is 0 Å². The van der Waals surface area contributed by atoms with Crippen LogP contribution in [0.5, 0.6) is 0 Å². The largest absolute Gasteiger partial charge is 0.381 e. The number of ether oxygens (including phenoxy) is 1. The molecule has 1 amide bonds. The fourth-order valence-electron chi connectivity index (χ4n) is 4.93. The first kappa shape index (κ1) is 24.9. The first-order chi connectivity index (χ1) is 15.7. The Balaban J connectivity index is 0.00000274. The SMILES string of the molecule is CC(=O)N1CC(F)(F)c2c(Sc3ncc(N4CCC5(CC4)COCC5N)nc3N)cccc21.Cl. The van der Waals surface area contributed by atoms with Gasteiger partial charge in [0.05, 0.1) is 37.2 Å². The number of amides is 1. The van der Waals surface area contributed by atoms with Gasteiger partial charge in [0.2, 0.25) is 5.91 Å². The van der Waals surface area contributed by atoms with Crippen molar-refractivity contribution in [1.82, 2.24) is 9.97 Å². The zero-order valence-corrected chi connectivity index (χ0v) is 20.3. The van der Waals surface area contributed by atoms with Crippen LogP contribution in [-0.4, -0.2) is 54.8 Å². The zero-order valence-electron chi connectivity index (χ0n) is 18.7. The Morgan fingerprint density at radius 2 is 2.03 bits per heavy atom. The average Bonchev–Trinajstić information content (AvgIpc) is 3.27. The van der Waals surface area contributed by atoms with Crippen molar-refractivity contribution in [3.63, 3.8) is 0 Å². The number of anilines is 3. The molecule has 1 aromatic carbocycles. The molecule has 0 bridgehead atoms. The van der Waals surface area contributed by atoms with Crippen LogP contribution >= 0.6 is 24.2 Å². The summed E-state index contributed by atoms with van der Waals surface area (Å²) in [4.78, 5) is 24.3. The zero-order chi connectivity index (χ0) is 23.4. The molecule has 1 aromatic heterocycles. The van der Waals surface area contributed by atoms with E-state index in [1.807, 2.05) is 0 Å². The van der Waals surface area contributed by atoms with Crippen LogP contribution in [0.2, 0.25) is 0 Å². The third-order valence-corrected chi connectivity index (χ3v) is 7.98. The van der Waals surface area contributed by atoms with Gasteiger partial charge in [0, 0.05) is 36.4 Å². The molecule has 2 fully saturated rings. The second-order valence-corrected chi connectivity index (χ2v) is 9.98. The molecule has 8 nitrogen and oxygen atoms in total. The number of benzene rings is 1. The van der Waals surface area contributed by atoms with Crippen LogP contribution < -0.4 is 21.3 Å². The van der Waals surface area contributed by atoms with Gasteiger partial charge in [0.1, 0.15) is 10.8 Å². The topological polar surface area (TPSA) is 111 Å². The van der Waals surface area contributed by atoms with Gasteiger partial charge in [-0.25, -0.2) is 9.97 Å². The third kappa shape index (κ3) is 4.19. The van der Waals surface area contributed by atoms with Gasteiger partial charge in [-0.3, -0.25) is 4.79 Å². The molecule has 34 heavy (non-hydrogen) atoms. The quantitative estimate of drug-likeness (QED) is 0.645. The van der Waals surface area contributed by atoms with Crippen LogP contribution in [0, 0.1) is 5.41 Å². The lowest BCUT2D eigenvalue weighted by Crippen LogP contribution is -2.49. The highest BCUT2D eigenvalue weighted by atomic mass is 35.5. The Hall–Kier alpha value is -2.21. The molecular formula is C22H27ClF2N6O2S. The van der Waals surface area contributed by atoms with Gasteiger partial charge in [-0.2, -0.15) is 8.78 Å². The van der Waals surface area contributed by atoms with E-state index < -0.39 is 18.4 Å². The van der Waals surface area contributed by atoms with Crippen LogP contribution in [0.4, 0.5) is 26.1 Å². The molecule has 12 heteroatoms. The van der Waals surface area contributed by atoms with Crippen molar-refractivity contribution in [2.45, 2.75) is 41.7 Å². The minimum Gasteiger partial charge on any atom is -0.381 e. The van der Waals surface area contributed by atoms with Gasteiger partial charge in [-0.1, -0.05) is 17.8 Å². The number of hydrogen-bond acceptors (Lipinski definition) is 8. The lowest BCUT2D eigenvalue weighted by molar-refractivity contribution is -0.117. The van der Waals surface area contributed by atoms with Crippen LogP contribution in [0.15, 0.2) is 34.3 Å². The molecule has 2 aromatic rings. The lowest BCUT2D eigenvalue weighted by Gasteiger charge is -2.41. The number of piperidine rings is 1. The normalized spacial score (nSPS) is 22.5. The Morgan fingerprint density at radius 1 is 1.29 bits per heavy atom. The van der Waals surface area contributed by atoms with E-state index in [0.29, 0.717) is 29.0 Å². The van der Waals surface area contributed by atoms with Gasteiger partial charge in [0.15, 0.2) is 5.82 Å². The number of aromatic nitrogens is 2. The number of carbonyl (C=O) groups is 1. The first-order valence-electron chi connectivity index (χ1n) is 10.9. The molecule has 0 aliphatic carbocycles. The monoisotopic (exact) mass is 512 g/mol. The van der Waals surface area contributed by atoms with Gasteiger partial charge in [-0.05, 0) is 25.0 Å². The van der Waals surface area contributed by atoms with Gasteiger partial charge in [0.25, 0.3) is 5.92 Å². The minimum absolute atomic E-state index is 0. The van der Waals surface area contributed by atoms with Gasteiger partial charge < -0.3 is 26.0 Å². The summed E-state index contributed by atoms with van der Waals surface area (Å²) in [7, 11) is 0. The van der Waals surface area contributed by atoms with E-state index in [4.69, 9.17) is 16.2 Å². The van der Waals surface area contributed by atoms with Crippen LogP contribution in [0.1, 0.15) is 25.3 Å². The maximum atomic E-state index is 14.8. The molecule has 184 valence electrons. The Labute approximate surface area is 206 Å². The molecule has 1 unspecified atom stereocenters. The molecule has 4 heterocycles. The number of carbonyl (C=O) groups excluding carboxylic acids is 1. The first-order valence-corrected chi connectivity index (χ1v) is 11.7. The van der Waals surface area contributed by atoms with Crippen molar-refractivity contribution in [1.29, 1.82) is 0 Å². The van der Waals surface area contributed by atoms with E-state index in [9.17, 15) is 13.6 Å². The maximum Gasteiger partial charge on any atom is 0.293 e. The van der Waals surface area contributed by atoms with Crippen molar-refractivity contribution in [2.24, 2.45) is 11.1 Å².